The zero-order valence-electron chi connectivity index (χ0n) is 10.7. The Morgan fingerprint density at radius 1 is 1.30 bits per heavy atom. The fraction of sp³-hybridized carbons (Fsp3) is 0.0667. The van der Waals surface area contributed by atoms with Gasteiger partial charge >= 0.3 is 0 Å². The van der Waals surface area contributed by atoms with E-state index in [2.05, 4.69) is 10.3 Å². The average Bonchev–Trinajstić information content (AvgIpc) is 2.91. The Balaban J connectivity index is 1.90. The van der Waals surface area contributed by atoms with Crippen LogP contribution in [0, 0.1) is 6.92 Å². The molecule has 0 aliphatic carbocycles. The number of nitrogens with one attached hydrogen (secondary N) is 1. The van der Waals surface area contributed by atoms with Crippen molar-refractivity contribution in [3.63, 3.8) is 0 Å². The molecule has 0 saturated heterocycles. The highest BCUT2D eigenvalue weighted by Gasteiger charge is 2.10. The Morgan fingerprint density at radius 3 is 3.00 bits per heavy atom. The number of hydrogen-bond donors (Lipinski definition) is 1. The molecule has 0 fully saturated rings. The molecule has 5 heteroatoms. The van der Waals surface area contributed by atoms with Gasteiger partial charge in [-0.25, -0.2) is 4.98 Å². The molecule has 0 radical (unpaired) electrons. The molecule has 1 heterocycles. The van der Waals surface area contributed by atoms with Crippen molar-refractivity contribution >= 4 is 34.3 Å². The Hall–Kier alpha value is -2.33. The first kappa shape index (κ1) is 12.7. The topological polar surface area (TPSA) is 55.1 Å². The van der Waals surface area contributed by atoms with Crippen LogP contribution in [0.4, 0.5) is 5.69 Å². The number of hydrogen-bond acceptors (Lipinski definition) is 3. The lowest BCUT2D eigenvalue weighted by Crippen LogP contribution is -2.12. The first-order valence-corrected chi connectivity index (χ1v) is 6.42. The number of anilines is 1. The summed E-state index contributed by atoms with van der Waals surface area (Å²) in [4.78, 5) is 16.3. The number of fused-ring (bicyclic) bond motifs is 1. The van der Waals surface area contributed by atoms with Crippen molar-refractivity contribution in [1.82, 2.24) is 4.98 Å². The minimum absolute atomic E-state index is 0.208. The summed E-state index contributed by atoms with van der Waals surface area (Å²) in [6.45, 7) is 1.86. The van der Waals surface area contributed by atoms with Crippen LogP contribution in [0.25, 0.3) is 11.1 Å². The summed E-state index contributed by atoms with van der Waals surface area (Å²) in [6, 6.07) is 10.5. The summed E-state index contributed by atoms with van der Waals surface area (Å²) in [5.74, 6) is -0.208. The van der Waals surface area contributed by atoms with Crippen molar-refractivity contribution in [2.75, 3.05) is 5.32 Å². The maximum Gasteiger partial charge on any atom is 0.255 e. The summed E-state index contributed by atoms with van der Waals surface area (Å²) >= 11 is 6.03. The van der Waals surface area contributed by atoms with E-state index < -0.39 is 0 Å². The van der Waals surface area contributed by atoms with Gasteiger partial charge in [0.2, 0.25) is 0 Å². The van der Waals surface area contributed by atoms with E-state index in [0.29, 0.717) is 27.4 Å². The zero-order chi connectivity index (χ0) is 14.1. The van der Waals surface area contributed by atoms with Crippen LogP contribution in [0.15, 0.2) is 47.2 Å². The Bertz CT molecular complexity index is 795. The monoisotopic (exact) mass is 286 g/mol. The Kier molecular flexibility index (Phi) is 3.16. The molecule has 100 valence electrons. The maximum atomic E-state index is 12.2. The third-order valence-electron chi connectivity index (χ3n) is 3.11. The van der Waals surface area contributed by atoms with E-state index in [9.17, 15) is 4.79 Å². The SMILES string of the molecule is Cc1c(Cl)cccc1NC(=O)c1ccc2ocnc2c1. The second-order valence-electron chi connectivity index (χ2n) is 4.40. The molecular weight excluding hydrogens is 276 g/mol. The molecule has 0 atom stereocenters. The lowest BCUT2D eigenvalue weighted by Gasteiger charge is -2.09. The van der Waals surface area contributed by atoms with E-state index in [1.54, 1.807) is 30.3 Å². The molecule has 20 heavy (non-hydrogen) atoms. The van der Waals surface area contributed by atoms with Crippen molar-refractivity contribution in [3.05, 3.63) is 58.9 Å². The number of benzene rings is 2. The molecular formula is C15H11ClN2O2. The normalized spacial score (nSPS) is 10.7. The smallest absolute Gasteiger partial charge is 0.255 e. The van der Waals surface area contributed by atoms with Crippen LogP contribution in [0.5, 0.6) is 0 Å². The van der Waals surface area contributed by atoms with Gasteiger partial charge in [0, 0.05) is 16.3 Å². The molecule has 3 aromatic rings. The Labute approximate surface area is 120 Å². The molecule has 3 rings (SSSR count). The van der Waals surface area contributed by atoms with Crippen LogP contribution in [0.3, 0.4) is 0 Å². The second-order valence-corrected chi connectivity index (χ2v) is 4.81. The standard InChI is InChI=1S/C15H11ClN2O2/c1-9-11(16)3-2-4-12(9)18-15(19)10-5-6-14-13(7-10)17-8-20-14/h2-8H,1H3,(H,18,19). The molecule has 0 spiro atoms. The van der Waals surface area contributed by atoms with Gasteiger partial charge in [-0.2, -0.15) is 0 Å². The van der Waals surface area contributed by atoms with E-state index in [1.807, 2.05) is 13.0 Å². The highest BCUT2D eigenvalue weighted by molar-refractivity contribution is 6.31. The summed E-state index contributed by atoms with van der Waals surface area (Å²) in [6.07, 6.45) is 1.35. The van der Waals surface area contributed by atoms with Crippen LogP contribution in [-0.2, 0) is 0 Å². The molecule has 4 nitrogen and oxygen atoms in total. The number of oxazole rings is 1. The second kappa shape index (κ2) is 4.98. The van der Waals surface area contributed by atoms with Gasteiger partial charge in [-0.05, 0) is 42.8 Å². The first-order chi connectivity index (χ1) is 9.65. The Morgan fingerprint density at radius 2 is 2.15 bits per heavy atom. The molecule has 0 aliphatic rings. The number of halogens is 1. The molecule has 1 amide bonds. The summed E-state index contributed by atoms with van der Waals surface area (Å²) in [5, 5.41) is 3.46. The van der Waals surface area contributed by atoms with Gasteiger partial charge in [0.15, 0.2) is 12.0 Å². The van der Waals surface area contributed by atoms with E-state index in [1.165, 1.54) is 6.39 Å². The van der Waals surface area contributed by atoms with Crippen molar-refractivity contribution in [3.8, 4) is 0 Å². The quantitative estimate of drug-likeness (QED) is 0.773. The summed E-state index contributed by atoms with van der Waals surface area (Å²) < 4.78 is 5.15. The van der Waals surface area contributed by atoms with Crippen LogP contribution >= 0.6 is 11.6 Å². The fourth-order valence-corrected chi connectivity index (χ4v) is 2.11. The number of amides is 1. The third kappa shape index (κ3) is 2.26. The van der Waals surface area contributed by atoms with Gasteiger partial charge < -0.3 is 9.73 Å². The first-order valence-electron chi connectivity index (χ1n) is 6.05. The minimum atomic E-state index is -0.208. The van der Waals surface area contributed by atoms with Crippen LogP contribution in [0.2, 0.25) is 5.02 Å². The summed E-state index contributed by atoms with van der Waals surface area (Å²) in [5.41, 5.74) is 3.36. The molecule has 1 aromatic heterocycles. The van der Waals surface area contributed by atoms with E-state index in [0.717, 1.165) is 5.56 Å². The van der Waals surface area contributed by atoms with Gasteiger partial charge in [0.05, 0.1) is 0 Å². The predicted molar refractivity (Wildman–Crippen MR) is 78.2 cm³/mol. The minimum Gasteiger partial charge on any atom is -0.443 e. The number of aromatic nitrogens is 1. The van der Waals surface area contributed by atoms with Gasteiger partial charge in [0.25, 0.3) is 5.91 Å². The zero-order valence-corrected chi connectivity index (χ0v) is 11.4. The van der Waals surface area contributed by atoms with Gasteiger partial charge in [-0.1, -0.05) is 17.7 Å². The van der Waals surface area contributed by atoms with Crippen LogP contribution in [0.1, 0.15) is 15.9 Å². The third-order valence-corrected chi connectivity index (χ3v) is 3.52. The summed E-state index contributed by atoms with van der Waals surface area (Å²) in [7, 11) is 0. The average molecular weight is 287 g/mol. The van der Waals surface area contributed by atoms with Crippen LogP contribution in [-0.4, -0.2) is 10.9 Å². The molecule has 1 N–H and O–H groups in total. The maximum absolute atomic E-state index is 12.2. The largest absolute Gasteiger partial charge is 0.443 e. The van der Waals surface area contributed by atoms with Crippen molar-refractivity contribution in [1.29, 1.82) is 0 Å². The molecule has 0 saturated carbocycles. The van der Waals surface area contributed by atoms with Crippen molar-refractivity contribution in [2.45, 2.75) is 6.92 Å². The number of carbonyl (C=O) groups is 1. The fourth-order valence-electron chi connectivity index (χ4n) is 1.94. The lowest BCUT2D eigenvalue weighted by molar-refractivity contribution is 0.102. The van der Waals surface area contributed by atoms with Crippen LogP contribution < -0.4 is 5.32 Å². The van der Waals surface area contributed by atoms with Gasteiger partial charge in [-0.3, -0.25) is 4.79 Å². The number of rotatable bonds is 2. The highest BCUT2D eigenvalue weighted by atomic mass is 35.5. The molecule has 0 aliphatic heterocycles. The molecule has 2 aromatic carbocycles. The van der Waals surface area contributed by atoms with E-state index in [-0.39, 0.29) is 5.91 Å². The van der Waals surface area contributed by atoms with Gasteiger partial charge in [0.1, 0.15) is 5.52 Å². The lowest BCUT2D eigenvalue weighted by atomic mass is 10.1. The van der Waals surface area contributed by atoms with E-state index in [4.69, 9.17) is 16.0 Å². The van der Waals surface area contributed by atoms with Crippen molar-refractivity contribution < 1.29 is 9.21 Å². The molecule has 0 bridgehead atoms. The van der Waals surface area contributed by atoms with Crippen molar-refractivity contribution in [2.24, 2.45) is 0 Å². The van der Waals surface area contributed by atoms with E-state index >= 15 is 0 Å². The number of nitrogens with zero attached hydrogens (tertiary/aromatic N) is 1. The number of carbonyl (C=O) groups excluding carboxylic acids is 1. The van der Waals surface area contributed by atoms with Gasteiger partial charge in [-0.15, -0.1) is 0 Å². The molecule has 0 unspecified atom stereocenters. The predicted octanol–water partition coefficient (Wildman–Crippen LogP) is 4.04. The highest BCUT2D eigenvalue weighted by Crippen LogP contribution is 2.23.